The summed E-state index contributed by atoms with van der Waals surface area (Å²) in [4.78, 5) is 6.77. The number of nitrogens with zero attached hydrogens (tertiary/aromatic N) is 1. The van der Waals surface area contributed by atoms with Crippen molar-refractivity contribution in [2.24, 2.45) is 4.99 Å². The van der Waals surface area contributed by atoms with Gasteiger partial charge in [0.25, 0.3) is 0 Å². The average Bonchev–Trinajstić information content (AvgIpc) is 3.05. The van der Waals surface area contributed by atoms with Gasteiger partial charge in [0.05, 0.1) is 5.71 Å². The maximum absolute atomic E-state index is 14.2. The Kier molecular flexibility index (Phi) is 4.47. The molecule has 0 saturated carbocycles. The molecule has 4 rings (SSSR count). The SMILES string of the molecule is CC(C)(C)c1ccc(C2=NCCc3sc(-c4ccc(F)cc4F)cc32)cc1. The number of halogens is 2. The normalized spacial score (nSPS) is 14.0. The molecule has 0 radical (unpaired) electrons. The molecule has 4 heteroatoms. The Morgan fingerprint density at radius 1 is 0.926 bits per heavy atom. The van der Waals surface area contributed by atoms with E-state index in [-0.39, 0.29) is 5.41 Å². The van der Waals surface area contributed by atoms with Gasteiger partial charge in [-0.3, -0.25) is 4.99 Å². The van der Waals surface area contributed by atoms with Crippen molar-refractivity contribution in [2.75, 3.05) is 6.54 Å². The summed E-state index contributed by atoms with van der Waals surface area (Å²) >= 11 is 1.57. The first-order chi connectivity index (χ1) is 12.8. The highest BCUT2D eigenvalue weighted by Gasteiger charge is 2.22. The van der Waals surface area contributed by atoms with E-state index in [1.807, 2.05) is 6.07 Å². The standard InChI is InChI=1S/C23H21F2NS/c1-23(2,3)15-6-4-14(5-7-15)22-18-13-21(27-20(18)10-11-26-22)17-9-8-16(24)12-19(17)25/h4-9,12-13H,10-11H2,1-3H3. The lowest BCUT2D eigenvalue weighted by molar-refractivity contribution is 0.586. The van der Waals surface area contributed by atoms with Crippen LogP contribution in [0.2, 0.25) is 0 Å². The Morgan fingerprint density at radius 3 is 2.33 bits per heavy atom. The van der Waals surface area contributed by atoms with Crippen LogP contribution in [0, 0.1) is 11.6 Å². The molecule has 3 aromatic rings. The van der Waals surface area contributed by atoms with Gasteiger partial charge in [-0.1, -0.05) is 45.0 Å². The fourth-order valence-corrected chi connectivity index (χ4v) is 4.54. The first-order valence-electron chi connectivity index (χ1n) is 9.07. The Morgan fingerprint density at radius 2 is 1.67 bits per heavy atom. The highest BCUT2D eigenvalue weighted by Crippen LogP contribution is 2.36. The third-order valence-corrected chi connectivity index (χ3v) is 6.12. The molecule has 27 heavy (non-hydrogen) atoms. The second-order valence-corrected chi connectivity index (χ2v) is 9.02. The molecule has 2 aromatic carbocycles. The van der Waals surface area contributed by atoms with E-state index in [2.05, 4.69) is 45.0 Å². The molecule has 0 fully saturated rings. The molecule has 2 heterocycles. The summed E-state index contributed by atoms with van der Waals surface area (Å²) in [5.74, 6) is -1.08. The van der Waals surface area contributed by atoms with Crippen LogP contribution >= 0.6 is 11.3 Å². The molecule has 1 nitrogen and oxygen atoms in total. The van der Waals surface area contributed by atoms with Crippen LogP contribution in [0.15, 0.2) is 53.5 Å². The minimum absolute atomic E-state index is 0.105. The van der Waals surface area contributed by atoms with Crippen LogP contribution < -0.4 is 0 Å². The van der Waals surface area contributed by atoms with Crippen LogP contribution in [-0.2, 0) is 11.8 Å². The van der Waals surface area contributed by atoms with Gasteiger partial charge in [0, 0.05) is 45.5 Å². The van der Waals surface area contributed by atoms with Crippen molar-refractivity contribution in [2.45, 2.75) is 32.6 Å². The Labute approximate surface area is 162 Å². The van der Waals surface area contributed by atoms with Gasteiger partial charge < -0.3 is 0 Å². The zero-order valence-corrected chi connectivity index (χ0v) is 16.5. The van der Waals surface area contributed by atoms with Crippen LogP contribution in [0.3, 0.4) is 0 Å². The molecular weight excluding hydrogens is 360 g/mol. The summed E-state index contributed by atoms with van der Waals surface area (Å²) in [6.45, 7) is 7.32. The second-order valence-electron chi connectivity index (χ2n) is 7.88. The third kappa shape index (κ3) is 3.46. The number of thiophene rings is 1. The summed E-state index contributed by atoms with van der Waals surface area (Å²) in [5, 5.41) is 0. The lowest BCUT2D eigenvalue weighted by Crippen LogP contribution is -2.14. The van der Waals surface area contributed by atoms with E-state index in [0.717, 1.165) is 40.7 Å². The van der Waals surface area contributed by atoms with Gasteiger partial charge in [0.2, 0.25) is 0 Å². The van der Waals surface area contributed by atoms with Gasteiger partial charge in [-0.05, 0) is 29.2 Å². The molecule has 0 bridgehead atoms. The molecule has 0 atom stereocenters. The van der Waals surface area contributed by atoms with E-state index in [1.165, 1.54) is 22.6 Å². The van der Waals surface area contributed by atoms with Gasteiger partial charge >= 0.3 is 0 Å². The lowest BCUT2D eigenvalue weighted by Gasteiger charge is -2.20. The van der Waals surface area contributed by atoms with Crippen LogP contribution in [0.1, 0.15) is 42.3 Å². The summed E-state index contributed by atoms with van der Waals surface area (Å²) in [6, 6.07) is 14.3. The fourth-order valence-electron chi connectivity index (χ4n) is 3.37. The number of hydrogen-bond acceptors (Lipinski definition) is 2. The molecule has 0 unspecified atom stereocenters. The van der Waals surface area contributed by atoms with E-state index in [9.17, 15) is 8.78 Å². The van der Waals surface area contributed by atoms with Crippen molar-refractivity contribution >= 4 is 17.0 Å². The molecule has 0 aliphatic carbocycles. The van der Waals surface area contributed by atoms with E-state index < -0.39 is 11.6 Å². The smallest absolute Gasteiger partial charge is 0.134 e. The van der Waals surface area contributed by atoms with Crippen molar-refractivity contribution in [3.63, 3.8) is 0 Å². The molecule has 138 valence electrons. The predicted octanol–water partition coefficient (Wildman–Crippen LogP) is 6.38. The Bertz CT molecular complexity index is 1020. The maximum atomic E-state index is 14.2. The molecule has 0 spiro atoms. The topological polar surface area (TPSA) is 12.4 Å². The highest BCUT2D eigenvalue weighted by molar-refractivity contribution is 7.16. The zero-order chi connectivity index (χ0) is 19.2. The largest absolute Gasteiger partial charge is 0.284 e. The molecule has 0 N–H and O–H groups in total. The number of aliphatic imine (C=N–C) groups is 1. The van der Waals surface area contributed by atoms with E-state index in [1.54, 1.807) is 11.3 Å². The van der Waals surface area contributed by atoms with Crippen LogP contribution in [0.4, 0.5) is 8.78 Å². The van der Waals surface area contributed by atoms with Crippen molar-refractivity contribution in [3.8, 4) is 10.4 Å². The third-order valence-electron chi connectivity index (χ3n) is 4.89. The molecule has 1 aliphatic rings. The number of benzene rings is 2. The summed E-state index contributed by atoms with van der Waals surface area (Å²) in [5.41, 5.74) is 4.93. The first kappa shape index (κ1) is 18.1. The van der Waals surface area contributed by atoms with E-state index >= 15 is 0 Å². The quantitative estimate of drug-likeness (QED) is 0.488. The molecule has 0 saturated heterocycles. The summed E-state index contributed by atoms with van der Waals surface area (Å²) in [7, 11) is 0. The molecule has 1 aromatic heterocycles. The number of fused-ring (bicyclic) bond motifs is 1. The van der Waals surface area contributed by atoms with E-state index in [0.29, 0.717) is 5.56 Å². The summed E-state index contributed by atoms with van der Waals surface area (Å²) in [6.07, 6.45) is 0.854. The Balaban J connectivity index is 1.73. The van der Waals surface area contributed by atoms with Crippen LogP contribution in [-0.4, -0.2) is 12.3 Å². The zero-order valence-electron chi connectivity index (χ0n) is 15.6. The van der Waals surface area contributed by atoms with Crippen molar-refractivity contribution in [3.05, 3.63) is 81.7 Å². The number of rotatable bonds is 2. The lowest BCUT2D eigenvalue weighted by atomic mass is 9.86. The highest BCUT2D eigenvalue weighted by atomic mass is 32.1. The predicted molar refractivity (Wildman–Crippen MR) is 109 cm³/mol. The van der Waals surface area contributed by atoms with Gasteiger partial charge in [0.1, 0.15) is 11.6 Å². The van der Waals surface area contributed by atoms with Gasteiger partial charge in [-0.25, -0.2) is 8.78 Å². The minimum atomic E-state index is -0.557. The minimum Gasteiger partial charge on any atom is -0.284 e. The average molecular weight is 381 g/mol. The maximum Gasteiger partial charge on any atom is 0.134 e. The van der Waals surface area contributed by atoms with Gasteiger partial charge in [-0.2, -0.15) is 0 Å². The first-order valence-corrected chi connectivity index (χ1v) is 9.88. The molecule has 0 amide bonds. The van der Waals surface area contributed by atoms with E-state index in [4.69, 9.17) is 4.99 Å². The van der Waals surface area contributed by atoms with Crippen LogP contribution in [0.5, 0.6) is 0 Å². The summed E-state index contributed by atoms with van der Waals surface area (Å²) < 4.78 is 27.4. The van der Waals surface area contributed by atoms with Crippen molar-refractivity contribution in [1.29, 1.82) is 0 Å². The van der Waals surface area contributed by atoms with Crippen molar-refractivity contribution in [1.82, 2.24) is 0 Å². The molecular formula is C23H21F2NS. The Hall–Kier alpha value is -2.33. The molecule has 1 aliphatic heterocycles. The monoisotopic (exact) mass is 381 g/mol. The van der Waals surface area contributed by atoms with Crippen molar-refractivity contribution < 1.29 is 8.78 Å². The van der Waals surface area contributed by atoms with Gasteiger partial charge in [0.15, 0.2) is 0 Å². The second kappa shape index (κ2) is 6.68. The van der Waals surface area contributed by atoms with Crippen LogP contribution in [0.25, 0.3) is 10.4 Å². The number of hydrogen-bond donors (Lipinski definition) is 0. The van der Waals surface area contributed by atoms with Gasteiger partial charge in [-0.15, -0.1) is 11.3 Å². The fraction of sp³-hybridized carbons (Fsp3) is 0.261.